The first kappa shape index (κ1) is 23.4. The van der Waals surface area contributed by atoms with Gasteiger partial charge in [-0.1, -0.05) is 6.07 Å². The Morgan fingerprint density at radius 3 is 2.39 bits per heavy atom. The Bertz CT molecular complexity index is 1420. The van der Waals surface area contributed by atoms with Crippen LogP contribution in [0.4, 0.5) is 5.00 Å². The molecule has 0 radical (unpaired) electrons. The van der Waals surface area contributed by atoms with E-state index in [1.54, 1.807) is 12.3 Å². The van der Waals surface area contributed by atoms with E-state index in [0.29, 0.717) is 39.2 Å². The van der Waals surface area contributed by atoms with Crippen LogP contribution in [0, 0.1) is 37.0 Å². The van der Waals surface area contributed by atoms with Crippen molar-refractivity contribution in [2.24, 2.45) is 23.2 Å². The molecule has 0 unspecified atom stereocenters. The highest BCUT2D eigenvalue weighted by atomic mass is 32.1. The zero-order chi connectivity index (χ0) is 25.2. The molecule has 0 spiro atoms. The van der Waals surface area contributed by atoms with Crippen LogP contribution < -0.4 is 10.9 Å². The quantitative estimate of drug-likeness (QED) is 0.469. The molecule has 2 heterocycles. The molecular weight excluding hydrogens is 474 g/mol. The highest BCUT2D eigenvalue weighted by Crippen LogP contribution is 2.60. The van der Waals surface area contributed by atoms with E-state index in [9.17, 15) is 14.4 Å². The number of aromatic nitrogens is 2. The molecule has 0 aliphatic heterocycles. The van der Waals surface area contributed by atoms with Gasteiger partial charge in [0.25, 0.3) is 5.56 Å². The van der Waals surface area contributed by atoms with Gasteiger partial charge in [-0.05, 0) is 100 Å². The number of fused-ring (bicyclic) bond motifs is 1. The molecule has 1 N–H and O–H groups in total. The van der Waals surface area contributed by atoms with Crippen LogP contribution in [-0.4, -0.2) is 28.3 Å². The lowest BCUT2D eigenvalue weighted by molar-refractivity contribution is -0.140. The highest BCUT2D eigenvalue weighted by Gasteiger charge is 2.54. The summed E-state index contributed by atoms with van der Waals surface area (Å²) in [6.45, 7) is 5.90. The molecule has 4 aliphatic rings. The van der Waals surface area contributed by atoms with Crippen LogP contribution in [0.5, 0.6) is 0 Å². The molecule has 0 atom stereocenters. The van der Waals surface area contributed by atoms with Crippen molar-refractivity contribution in [1.29, 1.82) is 0 Å². The van der Waals surface area contributed by atoms with E-state index in [1.807, 2.05) is 32.0 Å². The van der Waals surface area contributed by atoms with Crippen molar-refractivity contribution in [3.63, 3.8) is 0 Å². The Morgan fingerprint density at radius 1 is 1.11 bits per heavy atom. The van der Waals surface area contributed by atoms with Gasteiger partial charge in [0.15, 0.2) is 5.69 Å². The van der Waals surface area contributed by atoms with Gasteiger partial charge >= 0.3 is 5.97 Å². The van der Waals surface area contributed by atoms with Crippen LogP contribution in [0.2, 0.25) is 0 Å². The van der Waals surface area contributed by atoms with Gasteiger partial charge < -0.3 is 10.1 Å². The van der Waals surface area contributed by atoms with Crippen molar-refractivity contribution in [2.75, 3.05) is 11.9 Å². The third-order valence-corrected chi connectivity index (χ3v) is 9.50. The molecule has 7 nitrogen and oxygen atoms in total. The zero-order valence-electron chi connectivity index (χ0n) is 20.9. The SMILES string of the molecule is CCOC(=O)c1nn(-c2ccc(C)c(C)c2)c(=O)c2c(NC(=O)C34CC5CC(CC(C5)C3)C4)scc12. The minimum absolute atomic E-state index is 0.0250. The first-order chi connectivity index (χ1) is 17.3. The fraction of sp³-hybridized carbons (Fsp3) is 0.500. The maximum atomic E-state index is 13.8. The number of benzene rings is 1. The number of thiophene rings is 1. The van der Waals surface area contributed by atoms with Gasteiger partial charge in [-0.3, -0.25) is 9.59 Å². The summed E-state index contributed by atoms with van der Waals surface area (Å²) >= 11 is 1.28. The average Bonchev–Trinajstić information content (AvgIpc) is 3.24. The van der Waals surface area contributed by atoms with E-state index in [1.165, 1.54) is 35.3 Å². The number of hydrogen-bond acceptors (Lipinski definition) is 6. The Hall–Kier alpha value is -3.00. The van der Waals surface area contributed by atoms with Crippen molar-refractivity contribution in [1.82, 2.24) is 9.78 Å². The Balaban J connectivity index is 1.45. The summed E-state index contributed by atoms with van der Waals surface area (Å²) in [7, 11) is 0. The molecule has 4 bridgehead atoms. The number of anilines is 1. The molecule has 188 valence electrons. The van der Waals surface area contributed by atoms with Crippen molar-refractivity contribution in [3.05, 3.63) is 50.8 Å². The van der Waals surface area contributed by atoms with E-state index in [0.717, 1.165) is 30.4 Å². The molecule has 0 saturated heterocycles. The van der Waals surface area contributed by atoms with Crippen LogP contribution in [0.3, 0.4) is 0 Å². The third-order valence-electron chi connectivity index (χ3n) is 8.60. The molecule has 4 fully saturated rings. The maximum Gasteiger partial charge on any atom is 0.359 e. The zero-order valence-corrected chi connectivity index (χ0v) is 21.7. The van der Waals surface area contributed by atoms with Crippen molar-refractivity contribution >= 4 is 39.0 Å². The molecule has 1 amide bonds. The molecule has 4 saturated carbocycles. The highest BCUT2D eigenvalue weighted by molar-refractivity contribution is 7.16. The van der Waals surface area contributed by atoms with Gasteiger partial charge in [0.05, 0.1) is 23.1 Å². The van der Waals surface area contributed by atoms with Crippen LogP contribution in [0.15, 0.2) is 28.4 Å². The molecule has 4 aliphatic carbocycles. The predicted molar refractivity (Wildman–Crippen MR) is 140 cm³/mol. The van der Waals surface area contributed by atoms with E-state index >= 15 is 0 Å². The van der Waals surface area contributed by atoms with E-state index < -0.39 is 5.97 Å². The number of esters is 1. The van der Waals surface area contributed by atoms with Gasteiger partial charge in [0.1, 0.15) is 5.00 Å². The number of aryl methyl sites for hydroxylation is 2. The predicted octanol–water partition coefficient (Wildman–Crippen LogP) is 5.40. The molecule has 7 rings (SSSR count). The number of hydrogen-bond donors (Lipinski definition) is 1. The lowest BCUT2D eigenvalue weighted by Gasteiger charge is -2.55. The topological polar surface area (TPSA) is 90.3 Å². The molecule has 2 aromatic heterocycles. The van der Waals surface area contributed by atoms with Crippen molar-refractivity contribution in [3.8, 4) is 5.69 Å². The summed E-state index contributed by atoms with van der Waals surface area (Å²) in [6.07, 6.45) is 6.58. The normalized spacial score (nSPS) is 26.4. The first-order valence-electron chi connectivity index (χ1n) is 12.9. The van der Waals surface area contributed by atoms with Crippen LogP contribution >= 0.6 is 11.3 Å². The smallest absolute Gasteiger partial charge is 0.359 e. The monoisotopic (exact) mass is 505 g/mol. The number of rotatable bonds is 5. The number of carbonyl (C=O) groups excluding carboxylic acids is 2. The number of amides is 1. The molecule has 3 aromatic rings. The van der Waals surface area contributed by atoms with E-state index in [-0.39, 0.29) is 29.2 Å². The average molecular weight is 506 g/mol. The van der Waals surface area contributed by atoms with Crippen LogP contribution in [0.25, 0.3) is 16.5 Å². The fourth-order valence-corrected chi connectivity index (χ4v) is 8.08. The van der Waals surface area contributed by atoms with E-state index in [4.69, 9.17) is 4.74 Å². The minimum atomic E-state index is -0.586. The lowest BCUT2D eigenvalue weighted by atomic mass is 9.49. The number of ether oxygens (including phenoxy) is 1. The van der Waals surface area contributed by atoms with E-state index in [2.05, 4.69) is 10.4 Å². The van der Waals surface area contributed by atoms with Gasteiger partial charge in [0.2, 0.25) is 5.91 Å². The fourth-order valence-electron chi connectivity index (χ4n) is 7.15. The summed E-state index contributed by atoms with van der Waals surface area (Å²) in [6, 6.07) is 5.62. The standard InChI is InChI=1S/C28H31N3O4S/c1-4-35-26(33)23-21-14-36-24(22(21)25(32)31(30-23)20-6-5-15(2)16(3)7-20)29-27(34)28-11-17-8-18(12-28)10-19(9-17)13-28/h5-7,14,17-19H,4,8-13H2,1-3H3,(H,29,34). The van der Waals surface area contributed by atoms with Gasteiger partial charge in [0, 0.05) is 10.8 Å². The number of carbonyl (C=O) groups is 2. The summed E-state index contributed by atoms with van der Waals surface area (Å²) in [5.41, 5.74) is 2.06. The second kappa shape index (κ2) is 8.54. The molecule has 1 aromatic carbocycles. The Labute approximate surface area is 213 Å². The van der Waals surface area contributed by atoms with Gasteiger partial charge in [-0.15, -0.1) is 11.3 Å². The third kappa shape index (κ3) is 3.69. The maximum absolute atomic E-state index is 13.8. The molecular formula is C28H31N3O4S. The summed E-state index contributed by atoms with van der Waals surface area (Å²) in [5, 5.41) is 10.5. The van der Waals surface area contributed by atoms with Crippen molar-refractivity contribution in [2.45, 2.75) is 59.3 Å². The summed E-state index contributed by atoms with van der Waals surface area (Å²) < 4.78 is 6.52. The minimum Gasteiger partial charge on any atom is -0.461 e. The Kier molecular flexibility index (Phi) is 5.55. The molecule has 8 heteroatoms. The van der Waals surface area contributed by atoms with Crippen LogP contribution in [-0.2, 0) is 9.53 Å². The molecule has 36 heavy (non-hydrogen) atoms. The number of nitrogens with one attached hydrogen (secondary N) is 1. The van der Waals surface area contributed by atoms with Gasteiger partial charge in [-0.2, -0.15) is 9.78 Å². The van der Waals surface area contributed by atoms with Gasteiger partial charge in [-0.25, -0.2) is 4.79 Å². The van der Waals surface area contributed by atoms with Crippen LogP contribution in [0.1, 0.15) is 67.1 Å². The Morgan fingerprint density at radius 2 is 1.78 bits per heavy atom. The second-order valence-corrected chi connectivity index (χ2v) is 11.9. The largest absolute Gasteiger partial charge is 0.461 e. The summed E-state index contributed by atoms with van der Waals surface area (Å²) in [5.74, 6) is 1.37. The summed E-state index contributed by atoms with van der Waals surface area (Å²) in [4.78, 5) is 40.4. The van der Waals surface area contributed by atoms with Crippen molar-refractivity contribution < 1.29 is 14.3 Å². The second-order valence-electron chi connectivity index (χ2n) is 11.1. The lowest BCUT2D eigenvalue weighted by Crippen LogP contribution is -2.51. The number of nitrogens with zero attached hydrogens (tertiary/aromatic N) is 2. The first-order valence-corrected chi connectivity index (χ1v) is 13.8.